The first-order chi connectivity index (χ1) is 22.7. The number of carbonyl (C=O) groups excluding carboxylic acids is 4. The molecule has 0 heterocycles. The van der Waals surface area contributed by atoms with Crippen molar-refractivity contribution < 1.29 is 58.6 Å². The van der Waals surface area contributed by atoms with Crippen LogP contribution in [0.1, 0.15) is 69.7 Å². The molecule has 4 aliphatic carbocycles. The van der Waals surface area contributed by atoms with Gasteiger partial charge in [-0.3, -0.25) is 9.59 Å². The topological polar surface area (TPSA) is 209 Å². The summed E-state index contributed by atoms with van der Waals surface area (Å²) in [4.78, 5) is 65.2. The van der Waals surface area contributed by atoms with E-state index in [4.69, 9.17) is 14.2 Å². The number of phenols is 2. The molecular weight excluding hydrogens is 630 g/mol. The second-order valence-corrected chi connectivity index (χ2v) is 13.8. The van der Waals surface area contributed by atoms with Crippen LogP contribution >= 0.6 is 0 Å². The molecule has 3 fully saturated rings. The zero-order valence-corrected chi connectivity index (χ0v) is 27.1. The van der Waals surface area contributed by atoms with Gasteiger partial charge in [0.1, 0.15) is 0 Å². The van der Waals surface area contributed by atoms with Gasteiger partial charge in [0, 0.05) is 17.3 Å². The zero-order chi connectivity index (χ0) is 35.0. The van der Waals surface area contributed by atoms with Crippen LogP contribution in [0.3, 0.4) is 0 Å². The fourth-order valence-electron chi connectivity index (χ4n) is 9.10. The van der Waals surface area contributed by atoms with Crippen LogP contribution < -0.4 is 4.74 Å². The molecule has 0 spiro atoms. The number of hydrogen-bond acceptors (Lipinski definition) is 13. The van der Waals surface area contributed by atoms with E-state index >= 15 is 0 Å². The number of aliphatic hydroxyl groups is 1. The van der Waals surface area contributed by atoms with Crippen LogP contribution in [0.25, 0.3) is 0 Å². The van der Waals surface area contributed by atoms with Gasteiger partial charge in [0.05, 0.1) is 24.9 Å². The van der Waals surface area contributed by atoms with Crippen LogP contribution in [0, 0.1) is 50.5 Å². The number of nitrogens with zero attached hydrogens (tertiary/aromatic N) is 1. The van der Waals surface area contributed by atoms with Crippen molar-refractivity contribution >= 4 is 23.7 Å². The molecule has 5 rings (SSSR count). The number of ether oxygens (including phenoxy) is 3. The van der Waals surface area contributed by atoms with Crippen molar-refractivity contribution in [1.29, 1.82) is 0 Å². The van der Waals surface area contributed by atoms with Gasteiger partial charge in [0.2, 0.25) is 5.75 Å². The number of ketones is 2. The maximum atomic E-state index is 13.7. The molecule has 14 heteroatoms. The van der Waals surface area contributed by atoms with Gasteiger partial charge in [-0.1, -0.05) is 32.4 Å². The molecular formula is C34H41NO13. The number of aliphatic hydroxyl groups excluding tert-OH is 1. The number of esters is 1. The average Bonchev–Trinajstić information content (AvgIpc) is 3.28. The van der Waals surface area contributed by atoms with E-state index in [2.05, 4.69) is 11.8 Å². The van der Waals surface area contributed by atoms with Crippen molar-refractivity contribution in [3.05, 3.63) is 51.6 Å². The molecule has 14 nitrogen and oxygen atoms in total. The summed E-state index contributed by atoms with van der Waals surface area (Å²) in [6.07, 6.45) is 6.38. The van der Waals surface area contributed by atoms with Crippen LogP contribution in [0.4, 0.5) is 4.79 Å². The van der Waals surface area contributed by atoms with Crippen LogP contribution in [-0.4, -0.2) is 70.0 Å². The Morgan fingerprint density at radius 3 is 2.56 bits per heavy atom. The average molecular weight is 672 g/mol. The highest BCUT2D eigenvalue weighted by atomic mass is 16.9. The summed E-state index contributed by atoms with van der Waals surface area (Å²) in [5, 5.41) is 41.2. The van der Waals surface area contributed by atoms with Crippen LogP contribution in [0.15, 0.2) is 35.9 Å². The van der Waals surface area contributed by atoms with Crippen molar-refractivity contribution in [1.82, 2.24) is 0 Å². The lowest BCUT2D eigenvalue weighted by molar-refractivity contribution is -0.757. The second kappa shape index (κ2) is 13.6. The number of allylic oxidation sites excluding steroid dienone is 4. The van der Waals surface area contributed by atoms with E-state index in [9.17, 15) is 44.6 Å². The van der Waals surface area contributed by atoms with Crippen LogP contribution in [0.5, 0.6) is 17.2 Å². The van der Waals surface area contributed by atoms with Gasteiger partial charge in [-0.25, -0.2) is 9.59 Å². The van der Waals surface area contributed by atoms with Gasteiger partial charge in [-0.15, -0.1) is 10.1 Å². The first kappa shape index (κ1) is 34.9. The number of hydrogen-bond donors (Lipinski definition) is 3. The highest BCUT2D eigenvalue weighted by Gasteiger charge is 2.64. The highest BCUT2D eigenvalue weighted by molar-refractivity contribution is 6.01. The maximum absolute atomic E-state index is 13.7. The molecule has 0 amide bonds. The molecule has 260 valence electrons. The molecule has 0 aliphatic heterocycles. The van der Waals surface area contributed by atoms with E-state index in [0.29, 0.717) is 6.42 Å². The number of carbonyl (C=O) groups is 4. The number of Topliss-reactive ketones (excluding diaryl/α,β-unsaturated/α-hetero) is 1. The van der Waals surface area contributed by atoms with Gasteiger partial charge in [-0.2, -0.15) is 0 Å². The predicted molar refractivity (Wildman–Crippen MR) is 165 cm³/mol. The fourth-order valence-corrected chi connectivity index (χ4v) is 9.10. The predicted octanol–water partition coefficient (Wildman–Crippen LogP) is 4.47. The standard InChI is InChI=1S/C34H41NO13/c1-18-12-23-22-7-6-20-15-21(36)8-9-33(20,2)29(22)25(38)16-34(23,3)28(18)26(39)17-46-32(42)48-27-14-19(13-24(37)30(27)40)31(41)45-10-4-5-11-47-35(43)44/h8-9,13-15,18,22-23,25,28-29,37-38,40H,4-7,10-12,16-17H2,1-3H3. The number of fused-ring (bicyclic) bond motifs is 5. The van der Waals surface area contributed by atoms with Crippen molar-refractivity contribution in [2.24, 2.45) is 40.4 Å². The van der Waals surface area contributed by atoms with Gasteiger partial charge in [0.25, 0.3) is 5.09 Å². The highest BCUT2D eigenvalue weighted by Crippen LogP contribution is 2.67. The molecule has 48 heavy (non-hydrogen) atoms. The lowest BCUT2D eigenvalue weighted by Gasteiger charge is -2.58. The summed E-state index contributed by atoms with van der Waals surface area (Å²) in [5.74, 6) is -3.84. The third kappa shape index (κ3) is 6.62. The van der Waals surface area contributed by atoms with Crippen molar-refractivity contribution in [2.45, 2.75) is 65.4 Å². The van der Waals surface area contributed by atoms with E-state index in [0.717, 1.165) is 37.0 Å². The van der Waals surface area contributed by atoms with Crippen LogP contribution in [0.2, 0.25) is 0 Å². The number of rotatable bonds is 11. The van der Waals surface area contributed by atoms with Crippen LogP contribution in [-0.2, 0) is 23.9 Å². The third-order valence-corrected chi connectivity index (χ3v) is 11.0. The smallest absolute Gasteiger partial charge is 0.504 e. The van der Waals surface area contributed by atoms with Gasteiger partial charge >= 0.3 is 12.1 Å². The first-order valence-electron chi connectivity index (χ1n) is 16.2. The van der Waals surface area contributed by atoms with Crippen molar-refractivity contribution in [2.75, 3.05) is 19.8 Å². The summed E-state index contributed by atoms with van der Waals surface area (Å²) in [6.45, 7) is 5.20. The SMILES string of the molecule is CC1CC2C3CCC4=CC(=O)C=CC4(C)C3C(O)CC2(C)C1C(=O)COC(=O)Oc1cc(C(=O)OCCCCO[N+](=O)[O-])cc(O)c1O. The molecule has 4 aliphatic rings. The van der Waals surface area contributed by atoms with E-state index in [1.165, 1.54) is 0 Å². The molecule has 0 saturated heterocycles. The Labute approximate surface area is 276 Å². The van der Waals surface area contributed by atoms with Crippen molar-refractivity contribution in [3.63, 3.8) is 0 Å². The van der Waals surface area contributed by atoms with Gasteiger partial charge in [-0.05, 0) is 86.0 Å². The number of unbranched alkanes of at least 4 members (excludes halogenated alkanes) is 1. The lowest BCUT2D eigenvalue weighted by atomic mass is 9.46. The minimum atomic E-state index is -1.34. The first-order valence-corrected chi connectivity index (χ1v) is 16.2. The minimum Gasteiger partial charge on any atom is -0.504 e. The van der Waals surface area contributed by atoms with E-state index in [-0.39, 0.29) is 66.9 Å². The Balaban J connectivity index is 1.20. The van der Waals surface area contributed by atoms with E-state index < -0.39 is 63.9 Å². The Hall–Kier alpha value is -4.46. The van der Waals surface area contributed by atoms with Crippen molar-refractivity contribution in [3.8, 4) is 17.2 Å². The largest absolute Gasteiger partial charge is 0.514 e. The second-order valence-electron chi connectivity index (χ2n) is 13.8. The van der Waals surface area contributed by atoms with Gasteiger partial charge in [0.15, 0.2) is 29.7 Å². The third-order valence-electron chi connectivity index (χ3n) is 11.0. The summed E-state index contributed by atoms with van der Waals surface area (Å²) in [7, 11) is 0. The molecule has 3 saturated carbocycles. The monoisotopic (exact) mass is 671 g/mol. The molecule has 8 atom stereocenters. The Kier molecular flexibility index (Phi) is 9.86. The number of phenolic OH excluding ortho intramolecular Hbond substituents is 2. The fraction of sp³-hybridized carbons (Fsp3) is 0.588. The molecule has 0 bridgehead atoms. The van der Waals surface area contributed by atoms with E-state index in [1.807, 2.05) is 19.9 Å². The summed E-state index contributed by atoms with van der Waals surface area (Å²) in [6, 6.07) is 1.87. The normalized spacial score (nSPS) is 31.8. The summed E-state index contributed by atoms with van der Waals surface area (Å²) < 4.78 is 15.2. The molecule has 3 N–H and O–H groups in total. The zero-order valence-electron chi connectivity index (χ0n) is 27.1. The Morgan fingerprint density at radius 1 is 1.10 bits per heavy atom. The Morgan fingerprint density at radius 2 is 1.83 bits per heavy atom. The molecule has 0 radical (unpaired) electrons. The lowest BCUT2D eigenvalue weighted by Crippen LogP contribution is -2.56. The molecule has 1 aromatic rings. The van der Waals surface area contributed by atoms with Gasteiger partial charge < -0.3 is 34.4 Å². The Bertz CT molecular complexity index is 1550. The summed E-state index contributed by atoms with van der Waals surface area (Å²) >= 11 is 0. The summed E-state index contributed by atoms with van der Waals surface area (Å²) in [5.41, 5.74) is -0.189. The number of benzene rings is 1. The molecule has 0 aromatic heterocycles. The van der Waals surface area contributed by atoms with E-state index in [1.54, 1.807) is 12.2 Å². The molecule has 1 aromatic carbocycles. The molecule has 8 unspecified atom stereocenters. The maximum Gasteiger partial charge on any atom is 0.514 e. The minimum absolute atomic E-state index is 0.0377. The number of aromatic hydroxyl groups is 2. The quantitative estimate of drug-likeness (QED) is 0.0742.